The molecule has 0 unspecified atom stereocenters. The molecule has 1 aromatic heterocycles. The second kappa shape index (κ2) is 2.76. The minimum atomic E-state index is 0.878. The molecule has 0 N–H and O–H groups in total. The van der Waals surface area contributed by atoms with Crippen LogP contribution in [0.4, 0.5) is 0 Å². The van der Waals surface area contributed by atoms with Gasteiger partial charge in [0.1, 0.15) is 11.8 Å². The largest absolute Gasteiger partial charge is 0.232 e. The summed E-state index contributed by atoms with van der Waals surface area (Å²) in [5, 5.41) is 7.80. The number of fused-ring (bicyclic) bond motifs is 1. The Morgan fingerprint density at radius 3 is 2.62 bits per heavy atom. The molecule has 0 aliphatic heterocycles. The Balaban J connectivity index is 2.94. The van der Waals surface area contributed by atoms with Crippen molar-refractivity contribution < 1.29 is 0 Å². The first-order valence-electron chi connectivity index (χ1n) is 4.24. The maximum absolute atomic E-state index is 4.21. The lowest BCUT2D eigenvalue weighted by atomic mass is 10.0. The van der Waals surface area contributed by atoms with Crippen LogP contribution < -0.4 is 0 Å². The monoisotopic (exact) mass is 173 g/mol. The Bertz CT molecular complexity index is 463. The SMILES string of the molecule is Cc1cc2nncnc2c(C)c1C. The highest BCUT2D eigenvalue weighted by Crippen LogP contribution is 2.20. The topological polar surface area (TPSA) is 38.7 Å². The molecular weight excluding hydrogens is 162 g/mol. The van der Waals surface area contributed by atoms with Crippen LogP contribution in [0.25, 0.3) is 11.0 Å². The summed E-state index contributed by atoms with van der Waals surface area (Å²) in [7, 11) is 0. The van der Waals surface area contributed by atoms with Gasteiger partial charge in [-0.15, -0.1) is 10.2 Å². The third-order valence-corrected chi connectivity index (χ3v) is 2.51. The summed E-state index contributed by atoms with van der Waals surface area (Å²) < 4.78 is 0. The van der Waals surface area contributed by atoms with Crippen molar-refractivity contribution in [1.29, 1.82) is 0 Å². The van der Waals surface area contributed by atoms with Crippen LogP contribution in [0, 0.1) is 20.8 Å². The second-order valence-electron chi connectivity index (χ2n) is 3.27. The van der Waals surface area contributed by atoms with E-state index in [4.69, 9.17) is 0 Å². The molecule has 1 heterocycles. The summed E-state index contributed by atoms with van der Waals surface area (Å²) in [6.07, 6.45) is 1.49. The quantitative estimate of drug-likeness (QED) is 0.611. The molecule has 2 aromatic rings. The number of rotatable bonds is 0. The van der Waals surface area contributed by atoms with Crippen molar-refractivity contribution in [2.24, 2.45) is 0 Å². The zero-order valence-corrected chi connectivity index (χ0v) is 8.00. The molecule has 3 heteroatoms. The van der Waals surface area contributed by atoms with E-state index in [-0.39, 0.29) is 0 Å². The van der Waals surface area contributed by atoms with Gasteiger partial charge in [-0.05, 0) is 43.5 Å². The smallest absolute Gasteiger partial charge is 0.138 e. The maximum Gasteiger partial charge on any atom is 0.138 e. The maximum atomic E-state index is 4.21. The first-order valence-corrected chi connectivity index (χ1v) is 4.24. The van der Waals surface area contributed by atoms with E-state index in [0.717, 1.165) is 11.0 Å². The molecule has 0 amide bonds. The first kappa shape index (κ1) is 8.10. The number of aryl methyl sites for hydroxylation is 2. The fraction of sp³-hybridized carbons (Fsp3) is 0.300. The molecule has 0 radical (unpaired) electrons. The molecule has 1 aromatic carbocycles. The summed E-state index contributed by atoms with van der Waals surface area (Å²) in [6.45, 7) is 6.25. The number of hydrogen-bond donors (Lipinski definition) is 0. The van der Waals surface area contributed by atoms with Gasteiger partial charge in [-0.1, -0.05) is 0 Å². The van der Waals surface area contributed by atoms with Gasteiger partial charge in [0.15, 0.2) is 0 Å². The van der Waals surface area contributed by atoms with E-state index in [2.05, 4.69) is 36.0 Å². The van der Waals surface area contributed by atoms with Crippen LogP contribution in [-0.2, 0) is 0 Å². The van der Waals surface area contributed by atoms with Gasteiger partial charge >= 0.3 is 0 Å². The molecular formula is C10H11N3. The van der Waals surface area contributed by atoms with Gasteiger partial charge in [0.05, 0.1) is 5.52 Å². The highest BCUT2D eigenvalue weighted by atomic mass is 15.1. The summed E-state index contributed by atoms with van der Waals surface area (Å²) in [6, 6.07) is 2.03. The highest BCUT2D eigenvalue weighted by molar-refractivity contribution is 5.79. The second-order valence-corrected chi connectivity index (χ2v) is 3.27. The minimum absolute atomic E-state index is 0.878. The van der Waals surface area contributed by atoms with Gasteiger partial charge < -0.3 is 0 Å². The standard InChI is InChI=1S/C10H11N3/c1-6-4-9-10(8(3)7(6)2)11-5-12-13-9/h4-5H,1-3H3. The van der Waals surface area contributed by atoms with E-state index in [9.17, 15) is 0 Å². The van der Waals surface area contributed by atoms with Crippen LogP contribution in [0.5, 0.6) is 0 Å². The lowest BCUT2D eigenvalue weighted by Gasteiger charge is -2.06. The summed E-state index contributed by atoms with van der Waals surface area (Å²) in [5.41, 5.74) is 5.56. The summed E-state index contributed by atoms with van der Waals surface area (Å²) in [4.78, 5) is 4.21. The summed E-state index contributed by atoms with van der Waals surface area (Å²) >= 11 is 0. The van der Waals surface area contributed by atoms with Crippen LogP contribution in [0.15, 0.2) is 12.4 Å². The van der Waals surface area contributed by atoms with Crippen LogP contribution in [0.2, 0.25) is 0 Å². The zero-order chi connectivity index (χ0) is 9.42. The highest BCUT2D eigenvalue weighted by Gasteiger charge is 2.05. The molecule has 0 saturated carbocycles. The molecule has 0 atom stereocenters. The Hall–Kier alpha value is -1.51. The number of benzene rings is 1. The van der Waals surface area contributed by atoms with E-state index in [0.29, 0.717) is 0 Å². The number of hydrogen-bond acceptors (Lipinski definition) is 3. The minimum Gasteiger partial charge on any atom is -0.232 e. The van der Waals surface area contributed by atoms with Gasteiger partial charge in [-0.25, -0.2) is 4.98 Å². The van der Waals surface area contributed by atoms with E-state index in [1.54, 1.807) is 0 Å². The van der Waals surface area contributed by atoms with E-state index in [1.165, 1.54) is 23.0 Å². The van der Waals surface area contributed by atoms with Gasteiger partial charge in [0.25, 0.3) is 0 Å². The molecule has 0 saturated heterocycles. The predicted octanol–water partition coefficient (Wildman–Crippen LogP) is 1.95. The fourth-order valence-electron chi connectivity index (χ4n) is 1.46. The third-order valence-electron chi connectivity index (χ3n) is 2.51. The molecule has 0 aliphatic carbocycles. The predicted molar refractivity (Wildman–Crippen MR) is 51.5 cm³/mol. The molecule has 0 fully saturated rings. The average Bonchev–Trinajstić information content (AvgIpc) is 2.15. The molecule has 0 bridgehead atoms. The van der Waals surface area contributed by atoms with Crippen molar-refractivity contribution in [1.82, 2.24) is 15.2 Å². The number of aromatic nitrogens is 3. The molecule has 0 aliphatic rings. The van der Waals surface area contributed by atoms with Crippen molar-refractivity contribution in [3.63, 3.8) is 0 Å². The van der Waals surface area contributed by atoms with Crippen LogP contribution >= 0.6 is 0 Å². The molecule has 2 rings (SSSR count). The summed E-state index contributed by atoms with van der Waals surface area (Å²) in [5.74, 6) is 0. The van der Waals surface area contributed by atoms with E-state index < -0.39 is 0 Å². The van der Waals surface area contributed by atoms with Crippen LogP contribution in [0.3, 0.4) is 0 Å². The van der Waals surface area contributed by atoms with E-state index in [1.807, 2.05) is 6.07 Å². The van der Waals surface area contributed by atoms with Crippen molar-refractivity contribution in [3.8, 4) is 0 Å². The molecule has 0 spiro atoms. The molecule has 13 heavy (non-hydrogen) atoms. The van der Waals surface area contributed by atoms with Gasteiger partial charge in [0.2, 0.25) is 0 Å². The van der Waals surface area contributed by atoms with E-state index >= 15 is 0 Å². The normalized spacial score (nSPS) is 10.7. The van der Waals surface area contributed by atoms with Crippen LogP contribution in [-0.4, -0.2) is 15.2 Å². The van der Waals surface area contributed by atoms with Crippen molar-refractivity contribution in [2.45, 2.75) is 20.8 Å². The Labute approximate surface area is 76.8 Å². The van der Waals surface area contributed by atoms with Crippen molar-refractivity contribution in [2.75, 3.05) is 0 Å². The molecule has 66 valence electrons. The van der Waals surface area contributed by atoms with Crippen molar-refractivity contribution in [3.05, 3.63) is 29.1 Å². The average molecular weight is 173 g/mol. The van der Waals surface area contributed by atoms with Gasteiger partial charge in [-0.3, -0.25) is 0 Å². The zero-order valence-electron chi connectivity index (χ0n) is 8.00. The Kier molecular flexibility index (Phi) is 1.72. The number of nitrogens with zero attached hydrogens (tertiary/aromatic N) is 3. The fourth-order valence-corrected chi connectivity index (χ4v) is 1.46. The van der Waals surface area contributed by atoms with Crippen molar-refractivity contribution >= 4 is 11.0 Å². The Morgan fingerprint density at radius 1 is 1.08 bits per heavy atom. The lowest BCUT2D eigenvalue weighted by Crippen LogP contribution is -1.94. The third kappa shape index (κ3) is 1.16. The van der Waals surface area contributed by atoms with Crippen LogP contribution in [0.1, 0.15) is 16.7 Å². The molecule has 3 nitrogen and oxygen atoms in total. The lowest BCUT2D eigenvalue weighted by molar-refractivity contribution is 1.01. The van der Waals surface area contributed by atoms with Gasteiger partial charge in [0, 0.05) is 0 Å². The van der Waals surface area contributed by atoms with Gasteiger partial charge in [-0.2, -0.15) is 0 Å². The Morgan fingerprint density at radius 2 is 1.85 bits per heavy atom. The first-order chi connectivity index (χ1) is 6.20.